The van der Waals surface area contributed by atoms with Gasteiger partial charge in [-0.3, -0.25) is 0 Å². The van der Waals surface area contributed by atoms with Crippen molar-refractivity contribution in [3.05, 3.63) is 39.6 Å². The van der Waals surface area contributed by atoms with E-state index in [2.05, 4.69) is 25.9 Å². The van der Waals surface area contributed by atoms with E-state index in [1.165, 1.54) is 0 Å². The summed E-state index contributed by atoms with van der Waals surface area (Å²) in [6.45, 7) is 2.00. The molecule has 0 aliphatic heterocycles. The molecule has 88 valence electrons. The topological polar surface area (TPSA) is 35.0 Å². The SMILES string of the molecule is COc1ccc(C)cc1-c1ncc(Br)c(Cl)n1. The summed E-state index contributed by atoms with van der Waals surface area (Å²) < 4.78 is 5.97. The molecule has 0 N–H and O–H groups in total. The molecule has 0 saturated carbocycles. The predicted octanol–water partition coefficient (Wildman–Crippen LogP) is 3.88. The minimum Gasteiger partial charge on any atom is -0.496 e. The van der Waals surface area contributed by atoms with E-state index in [1.807, 2.05) is 25.1 Å². The number of aromatic nitrogens is 2. The maximum Gasteiger partial charge on any atom is 0.164 e. The molecule has 0 atom stereocenters. The van der Waals surface area contributed by atoms with Gasteiger partial charge in [0.1, 0.15) is 10.9 Å². The van der Waals surface area contributed by atoms with Gasteiger partial charge in [0.25, 0.3) is 0 Å². The van der Waals surface area contributed by atoms with Crippen molar-refractivity contribution in [2.24, 2.45) is 0 Å². The molecule has 0 fully saturated rings. The third-order valence-corrected chi connectivity index (χ3v) is 3.39. The zero-order valence-electron chi connectivity index (χ0n) is 9.37. The molecule has 0 spiro atoms. The van der Waals surface area contributed by atoms with Gasteiger partial charge in [0.05, 0.1) is 17.1 Å². The lowest BCUT2D eigenvalue weighted by atomic mass is 10.1. The largest absolute Gasteiger partial charge is 0.496 e. The van der Waals surface area contributed by atoms with Gasteiger partial charge < -0.3 is 4.74 Å². The zero-order chi connectivity index (χ0) is 12.4. The van der Waals surface area contributed by atoms with Crippen LogP contribution in [0.3, 0.4) is 0 Å². The van der Waals surface area contributed by atoms with Gasteiger partial charge in [-0.1, -0.05) is 23.2 Å². The molecule has 1 aromatic heterocycles. The highest BCUT2D eigenvalue weighted by Gasteiger charge is 2.10. The van der Waals surface area contributed by atoms with Gasteiger partial charge in [-0.25, -0.2) is 9.97 Å². The number of benzene rings is 1. The van der Waals surface area contributed by atoms with Crippen LogP contribution in [-0.4, -0.2) is 17.1 Å². The van der Waals surface area contributed by atoms with Crippen molar-refractivity contribution in [3.63, 3.8) is 0 Å². The molecule has 1 aromatic carbocycles. The first-order valence-corrected chi connectivity index (χ1v) is 6.12. The zero-order valence-corrected chi connectivity index (χ0v) is 11.7. The van der Waals surface area contributed by atoms with Crippen LogP contribution in [0.4, 0.5) is 0 Å². The van der Waals surface area contributed by atoms with E-state index in [0.717, 1.165) is 16.9 Å². The first-order valence-electron chi connectivity index (χ1n) is 4.95. The van der Waals surface area contributed by atoms with Crippen LogP contribution in [0.25, 0.3) is 11.4 Å². The average molecular weight is 314 g/mol. The second kappa shape index (κ2) is 5.02. The van der Waals surface area contributed by atoms with Crippen LogP contribution in [0.2, 0.25) is 5.15 Å². The molecule has 1 heterocycles. The number of ether oxygens (including phenoxy) is 1. The minimum absolute atomic E-state index is 0.388. The first kappa shape index (κ1) is 12.3. The van der Waals surface area contributed by atoms with Crippen molar-refractivity contribution in [2.45, 2.75) is 6.92 Å². The Balaban J connectivity index is 2.58. The lowest BCUT2D eigenvalue weighted by molar-refractivity contribution is 0.416. The van der Waals surface area contributed by atoms with Gasteiger partial charge >= 0.3 is 0 Å². The Hall–Kier alpha value is -1.13. The highest BCUT2D eigenvalue weighted by atomic mass is 79.9. The van der Waals surface area contributed by atoms with Gasteiger partial charge in [-0.05, 0) is 35.0 Å². The maximum absolute atomic E-state index is 5.96. The molecule has 0 radical (unpaired) electrons. The molecule has 5 heteroatoms. The quantitative estimate of drug-likeness (QED) is 0.789. The van der Waals surface area contributed by atoms with E-state index in [0.29, 0.717) is 15.5 Å². The maximum atomic E-state index is 5.96. The summed E-state index contributed by atoms with van der Waals surface area (Å²) in [4.78, 5) is 8.46. The van der Waals surface area contributed by atoms with Gasteiger partial charge in [0, 0.05) is 6.20 Å². The number of nitrogens with zero attached hydrogens (tertiary/aromatic N) is 2. The Labute approximate surface area is 113 Å². The molecule has 0 bridgehead atoms. The van der Waals surface area contributed by atoms with Crippen molar-refractivity contribution in [1.82, 2.24) is 9.97 Å². The molecule has 2 aromatic rings. The third kappa shape index (κ3) is 2.58. The minimum atomic E-state index is 0.388. The fourth-order valence-corrected chi connectivity index (χ4v) is 1.79. The molecule has 3 nitrogen and oxygen atoms in total. The molecule has 0 saturated heterocycles. The van der Waals surface area contributed by atoms with Crippen LogP contribution in [0, 0.1) is 6.92 Å². The van der Waals surface area contributed by atoms with E-state index in [1.54, 1.807) is 13.3 Å². The summed E-state index contributed by atoms with van der Waals surface area (Å²) in [7, 11) is 1.62. The van der Waals surface area contributed by atoms with Crippen molar-refractivity contribution in [1.29, 1.82) is 0 Å². The monoisotopic (exact) mass is 312 g/mol. The Bertz CT molecular complexity index is 560. The molecule has 0 aliphatic rings. The lowest BCUT2D eigenvalue weighted by Gasteiger charge is -2.08. The van der Waals surface area contributed by atoms with Crippen molar-refractivity contribution in [2.75, 3.05) is 7.11 Å². The lowest BCUT2D eigenvalue weighted by Crippen LogP contribution is -1.94. The summed E-state index contributed by atoms with van der Waals surface area (Å²) in [6.07, 6.45) is 1.63. The van der Waals surface area contributed by atoms with Crippen molar-refractivity contribution < 1.29 is 4.74 Å². The number of halogens is 2. The number of hydrogen-bond acceptors (Lipinski definition) is 3. The fraction of sp³-hybridized carbons (Fsp3) is 0.167. The summed E-state index contributed by atoms with van der Waals surface area (Å²) in [5, 5.41) is 0.388. The molecular formula is C12H10BrClN2O. The van der Waals surface area contributed by atoms with Gasteiger partial charge in [-0.2, -0.15) is 0 Å². The fourth-order valence-electron chi connectivity index (χ4n) is 1.47. The molecule has 17 heavy (non-hydrogen) atoms. The van der Waals surface area contributed by atoms with Gasteiger partial charge in [0.2, 0.25) is 0 Å². The van der Waals surface area contributed by atoms with Crippen LogP contribution in [0.1, 0.15) is 5.56 Å². The molecule has 0 amide bonds. The average Bonchev–Trinajstić information content (AvgIpc) is 2.32. The molecular weight excluding hydrogens is 304 g/mol. The van der Waals surface area contributed by atoms with Crippen LogP contribution < -0.4 is 4.74 Å². The number of rotatable bonds is 2. The van der Waals surface area contributed by atoms with E-state index < -0.39 is 0 Å². The highest BCUT2D eigenvalue weighted by molar-refractivity contribution is 9.10. The number of aryl methyl sites for hydroxylation is 1. The van der Waals surface area contributed by atoms with E-state index in [4.69, 9.17) is 16.3 Å². The van der Waals surface area contributed by atoms with Crippen LogP contribution in [0.5, 0.6) is 5.75 Å². The van der Waals surface area contributed by atoms with E-state index in [-0.39, 0.29) is 0 Å². The first-order chi connectivity index (χ1) is 8.11. The number of hydrogen-bond donors (Lipinski definition) is 0. The summed E-state index contributed by atoms with van der Waals surface area (Å²) in [6, 6.07) is 5.84. The van der Waals surface area contributed by atoms with Crippen LogP contribution in [-0.2, 0) is 0 Å². The van der Waals surface area contributed by atoms with Gasteiger partial charge in [-0.15, -0.1) is 0 Å². The van der Waals surface area contributed by atoms with Crippen LogP contribution >= 0.6 is 27.5 Å². The molecule has 0 unspecified atom stereocenters. The molecule has 0 aliphatic carbocycles. The number of methoxy groups -OCH3 is 1. The van der Waals surface area contributed by atoms with E-state index in [9.17, 15) is 0 Å². The second-order valence-corrected chi connectivity index (χ2v) is 4.75. The highest BCUT2D eigenvalue weighted by Crippen LogP contribution is 2.30. The molecule has 2 rings (SSSR count). The third-order valence-electron chi connectivity index (χ3n) is 2.30. The van der Waals surface area contributed by atoms with Crippen molar-refractivity contribution in [3.8, 4) is 17.1 Å². The summed E-state index contributed by atoms with van der Waals surface area (Å²) in [5.74, 6) is 1.28. The normalized spacial score (nSPS) is 10.4. The summed E-state index contributed by atoms with van der Waals surface area (Å²) >= 11 is 9.22. The predicted molar refractivity (Wildman–Crippen MR) is 71.5 cm³/mol. The Morgan fingerprint density at radius 1 is 1.35 bits per heavy atom. The van der Waals surface area contributed by atoms with Gasteiger partial charge in [0.15, 0.2) is 5.82 Å². The van der Waals surface area contributed by atoms with Crippen LogP contribution in [0.15, 0.2) is 28.9 Å². The smallest absolute Gasteiger partial charge is 0.164 e. The standard InChI is InChI=1S/C12H10BrClN2O/c1-7-3-4-10(17-2)8(5-7)12-15-6-9(13)11(14)16-12/h3-6H,1-2H3. The Morgan fingerprint density at radius 2 is 2.12 bits per heavy atom. The Kier molecular flexibility index (Phi) is 3.64. The summed E-state index contributed by atoms with van der Waals surface area (Å²) in [5.41, 5.74) is 1.95. The Morgan fingerprint density at radius 3 is 2.76 bits per heavy atom. The van der Waals surface area contributed by atoms with Crippen molar-refractivity contribution >= 4 is 27.5 Å². The van der Waals surface area contributed by atoms with E-state index >= 15 is 0 Å². The second-order valence-electron chi connectivity index (χ2n) is 3.54.